The van der Waals surface area contributed by atoms with E-state index in [9.17, 15) is 9.59 Å². The zero-order valence-corrected chi connectivity index (χ0v) is 11.3. The number of esters is 1. The summed E-state index contributed by atoms with van der Waals surface area (Å²) in [7, 11) is 1.30. The van der Waals surface area contributed by atoms with Gasteiger partial charge in [-0.25, -0.2) is 4.79 Å². The molecular weight excluding hydrogens is 262 g/mol. The largest absolute Gasteiger partial charge is 0.481 e. The highest BCUT2D eigenvalue weighted by Gasteiger charge is 2.24. The Morgan fingerprint density at radius 1 is 1.45 bits per heavy atom. The number of ether oxygens (including phenoxy) is 1. The van der Waals surface area contributed by atoms with Crippen molar-refractivity contribution in [3.63, 3.8) is 0 Å². The third-order valence-electron chi connectivity index (χ3n) is 3.42. The molecule has 0 amide bonds. The van der Waals surface area contributed by atoms with Crippen LogP contribution in [0.2, 0.25) is 0 Å². The Morgan fingerprint density at radius 3 is 2.85 bits per heavy atom. The van der Waals surface area contributed by atoms with Crippen molar-refractivity contribution in [1.82, 2.24) is 10.2 Å². The normalized spacial score (nSPS) is 18.1. The van der Waals surface area contributed by atoms with Crippen LogP contribution in [0.5, 0.6) is 0 Å². The second-order valence-electron chi connectivity index (χ2n) is 4.80. The van der Waals surface area contributed by atoms with Crippen molar-refractivity contribution in [2.75, 3.05) is 25.1 Å². The second kappa shape index (κ2) is 6.31. The molecule has 1 saturated heterocycles. The van der Waals surface area contributed by atoms with Crippen molar-refractivity contribution in [1.29, 1.82) is 0 Å². The Kier molecular flexibility index (Phi) is 4.49. The fourth-order valence-electron chi connectivity index (χ4n) is 2.31. The van der Waals surface area contributed by atoms with Crippen LogP contribution in [0.15, 0.2) is 12.1 Å². The SMILES string of the molecule is COC(=O)c1ccc(N2CCC(CCC(=O)O)C2)nn1. The Labute approximate surface area is 116 Å². The van der Waals surface area contributed by atoms with Gasteiger partial charge in [0.25, 0.3) is 0 Å². The molecule has 0 radical (unpaired) electrons. The number of carbonyl (C=O) groups excluding carboxylic acids is 1. The van der Waals surface area contributed by atoms with Gasteiger partial charge in [-0.3, -0.25) is 4.79 Å². The molecule has 1 atom stereocenters. The molecule has 7 nitrogen and oxygen atoms in total. The van der Waals surface area contributed by atoms with Crippen LogP contribution in [0.25, 0.3) is 0 Å². The Hall–Kier alpha value is -2.18. The maximum atomic E-state index is 11.3. The summed E-state index contributed by atoms with van der Waals surface area (Å²) in [5, 5.41) is 16.5. The van der Waals surface area contributed by atoms with Gasteiger partial charge < -0.3 is 14.7 Å². The van der Waals surface area contributed by atoms with E-state index < -0.39 is 11.9 Å². The molecule has 108 valence electrons. The van der Waals surface area contributed by atoms with Gasteiger partial charge in [0, 0.05) is 19.5 Å². The molecule has 1 aliphatic rings. The van der Waals surface area contributed by atoms with Crippen molar-refractivity contribution in [3.05, 3.63) is 17.8 Å². The summed E-state index contributed by atoms with van der Waals surface area (Å²) in [6.07, 6.45) is 1.83. The van der Waals surface area contributed by atoms with Crippen molar-refractivity contribution in [3.8, 4) is 0 Å². The van der Waals surface area contributed by atoms with Gasteiger partial charge in [-0.2, -0.15) is 0 Å². The minimum Gasteiger partial charge on any atom is -0.481 e. The summed E-state index contributed by atoms with van der Waals surface area (Å²) >= 11 is 0. The maximum Gasteiger partial charge on any atom is 0.358 e. The highest BCUT2D eigenvalue weighted by molar-refractivity contribution is 5.86. The molecule has 0 saturated carbocycles. The van der Waals surface area contributed by atoms with E-state index in [1.165, 1.54) is 7.11 Å². The molecule has 1 aromatic heterocycles. The predicted octanol–water partition coefficient (Wildman–Crippen LogP) is 0.954. The molecule has 7 heteroatoms. The Morgan fingerprint density at radius 2 is 2.25 bits per heavy atom. The van der Waals surface area contributed by atoms with E-state index in [2.05, 4.69) is 19.8 Å². The van der Waals surface area contributed by atoms with Crippen molar-refractivity contribution < 1.29 is 19.4 Å². The number of hydrogen-bond acceptors (Lipinski definition) is 6. The number of aliphatic carboxylic acids is 1. The summed E-state index contributed by atoms with van der Waals surface area (Å²) in [5.41, 5.74) is 0.179. The van der Waals surface area contributed by atoms with Gasteiger partial charge in [-0.15, -0.1) is 10.2 Å². The van der Waals surface area contributed by atoms with Crippen molar-refractivity contribution in [2.45, 2.75) is 19.3 Å². The van der Waals surface area contributed by atoms with Gasteiger partial charge in [-0.1, -0.05) is 0 Å². The molecular formula is C13H17N3O4. The standard InChI is InChI=1S/C13H17N3O4/c1-20-13(19)10-3-4-11(15-14-10)16-7-6-9(8-16)2-5-12(17)18/h3-4,9H,2,5-8H2,1H3,(H,17,18). The molecule has 1 aromatic rings. The van der Waals surface area contributed by atoms with Gasteiger partial charge >= 0.3 is 11.9 Å². The first-order chi connectivity index (χ1) is 9.60. The van der Waals surface area contributed by atoms with Gasteiger partial charge in [0.1, 0.15) is 0 Å². The van der Waals surface area contributed by atoms with E-state index in [1.807, 2.05) is 0 Å². The first kappa shape index (κ1) is 14.2. The van der Waals surface area contributed by atoms with Crippen molar-refractivity contribution in [2.24, 2.45) is 5.92 Å². The van der Waals surface area contributed by atoms with E-state index in [1.54, 1.807) is 12.1 Å². The second-order valence-corrected chi connectivity index (χ2v) is 4.80. The molecule has 2 heterocycles. The van der Waals surface area contributed by atoms with E-state index in [0.29, 0.717) is 18.2 Å². The van der Waals surface area contributed by atoms with Gasteiger partial charge in [-0.05, 0) is 30.9 Å². The van der Waals surface area contributed by atoms with Crippen LogP contribution < -0.4 is 4.90 Å². The molecule has 0 bridgehead atoms. The maximum absolute atomic E-state index is 11.3. The van der Waals surface area contributed by atoms with Crippen LogP contribution in [0, 0.1) is 5.92 Å². The lowest BCUT2D eigenvalue weighted by atomic mass is 10.0. The van der Waals surface area contributed by atoms with Crippen LogP contribution in [-0.4, -0.2) is 47.4 Å². The first-order valence-corrected chi connectivity index (χ1v) is 6.49. The summed E-state index contributed by atoms with van der Waals surface area (Å²) in [4.78, 5) is 23.9. The van der Waals surface area contributed by atoms with Gasteiger partial charge in [0.2, 0.25) is 0 Å². The summed E-state index contributed by atoms with van der Waals surface area (Å²) in [6.45, 7) is 1.61. The zero-order chi connectivity index (χ0) is 14.5. The monoisotopic (exact) mass is 279 g/mol. The number of aromatic nitrogens is 2. The third-order valence-corrected chi connectivity index (χ3v) is 3.42. The average molecular weight is 279 g/mol. The number of methoxy groups -OCH3 is 1. The quantitative estimate of drug-likeness (QED) is 0.802. The first-order valence-electron chi connectivity index (χ1n) is 6.49. The predicted molar refractivity (Wildman–Crippen MR) is 70.6 cm³/mol. The number of rotatable bonds is 5. The molecule has 20 heavy (non-hydrogen) atoms. The molecule has 1 aliphatic heterocycles. The minimum atomic E-state index is -0.759. The van der Waals surface area contributed by atoms with Crippen molar-refractivity contribution >= 4 is 17.8 Å². The van der Waals surface area contributed by atoms with Gasteiger partial charge in [0.15, 0.2) is 11.5 Å². The highest BCUT2D eigenvalue weighted by Crippen LogP contribution is 2.24. The molecule has 2 rings (SSSR count). The number of carboxylic acids is 1. The topological polar surface area (TPSA) is 92.6 Å². The summed E-state index contributed by atoms with van der Waals surface area (Å²) in [5.74, 6) is -0.195. The minimum absolute atomic E-state index is 0.179. The highest BCUT2D eigenvalue weighted by atomic mass is 16.5. The number of hydrogen-bond donors (Lipinski definition) is 1. The zero-order valence-electron chi connectivity index (χ0n) is 11.3. The fraction of sp³-hybridized carbons (Fsp3) is 0.538. The number of carbonyl (C=O) groups is 2. The Balaban J connectivity index is 1.93. The molecule has 0 aromatic carbocycles. The van der Waals surface area contributed by atoms with E-state index in [4.69, 9.17) is 5.11 Å². The summed E-state index contributed by atoms with van der Waals surface area (Å²) in [6, 6.07) is 3.32. The van der Waals surface area contributed by atoms with Crippen LogP contribution in [-0.2, 0) is 9.53 Å². The fourth-order valence-corrected chi connectivity index (χ4v) is 2.31. The number of anilines is 1. The lowest BCUT2D eigenvalue weighted by Gasteiger charge is -2.16. The Bertz CT molecular complexity index is 489. The molecule has 1 unspecified atom stereocenters. The van der Waals surface area contributed by atoms with E-state index in [-0.39, 0.29) is 12.1 Å². The third kappa shape index (κ3) is 3.43. The molecule has 0 aliphatic carbocycles. The molecule has 0 spiro atoms. The molecule has 1 fully saturated rings. The molecule has 1 N–H and O–H groups in total. The van der Waals surface area contributed by atoms with Crippen LogP contribution in [0.1, 0.15) is 29.8 Å². The van der Waals surface area contributed by atoms with Crippen LogP contribution >= 0.6 is 0 Å². The van der Waals surface area contributed by atoms with E-state index in [0.717, 1.165) is 19.5 Å². The smallest absolute Gasteiger partial charge is 0.358 e. The summed E-state index contributed by atoms with van der Waals surface area (Å²) < 4.78 is 4.56. The van der Waals surface area contributed by atoms with Crippen LogP contribution in [0.3, 0.4) is 0 Å². The van der Waals surface area contributed by atoms with Crippen LogP contribution in [0.4, 0.5) is 5.82 Å². The lowest BCUT2D eigenvalue weighted by molar-refractivity contribution is -0.137. The lowest BCUT2D eigenvalue weighted by Crippen LogP contribution is -2.22. The number of nitrogens with zero attached hydrogens (tertiary/aromatic N) is 3. The number of carboxylic acid groups (broad SMARTS) is 1. The van der Waals surface area contributed by atoms with E-state index >= 15 is 0 Å². The average Bonchev–Trinajstić information content (AvgIpc) is 2.93. The van der Waals surface area contributed by atoms with Gasteiger partial charge in [0.05, 0.1) is 7.11 Å².